The van der Waals surface area contributed by atoms with Gasteiger partial charge in [-0.15, -0.1) is 0 Å². The van der Waals surface area contributed by atoms with Crippen LogP contribution in [0.4, 0.5) is 0 Å². The van der Waals surface area contributed by atoms with E-state index in [2.05, 4.69) is 6.07 Å². The summed E-state index contributed by atoms with van der Waals surface area (Å²) in [5.41, 5.74) is 0. The first-order valence-corrected chi connectivity index (χ1v) is 3.00. The molecule has 9 heavy (non-hydrogen) atoms. The number of nitriles is 1. The highest BCUT2D eigenvalue weighted by molar-refractivity contribution is 4.95. The van der Waals surface area contributed by atoms with Crippen LogP contribution in [0.25, 0.3) is 0 Å². The van der Waals surface area contributed by atoms with Crippen LogP contribution in [0.15, 0.2) is 0 Å². The van der Waals surface area contributed by atoms with Crippen molar-refractivity contribution in [3.8, 4) is 6.07 Å². The molecule has 0 spiro atoms. The molecule has 3 heteroatoms. The van der Waals surface area contributed by atoms with E-state index in [1.165, 1.54) is 0 Å². The van der Waals surface area contributed by atoms with Crippen LogP contribution >= 0.6 is 0 Å². The van der Waals surface area contributed by atoms with E-state index in [0.717, 1.165) is 0 Å². The van der Waals surface area contributed by atoms with Gasteiger partial charge in [-0.3, -0.25) is 0 Å². The average Bonchev–Trinajstić information content (AvgIpc) is 2.10. The molecule has 2 atom stereocenters. The molecule has 0 amide bonds. The minimum Gasteiger partial charge on any atom is -0.390 e. The Labute approximate surface area is 54.5 Å². The van der Waals surface area contributed by atoms with Gasteiger partial charge in [0.25, 0.3) is 0 Å². The number of aliphatic hydroxyl groups excluding tert-OH is 1. The quantitative estimate of drug-likeness (QED) is 0.473. The van der Waals surface area contributed by atoms with Gasteiger partial charge in [-0.1, -0.05) is 0 Å². The minimum atomic E-state index is -0.431. The topological polar surface area (TPSA) is 47.3 Å². The van der Waals surface area contributed by atoms with E-state index >= 15 is 0 Å². The number of hydrogen-bond donors (Lipinski definition) is 1. The van der Waals surface area contributed by atoms with Gasteiger partial charge in [0.2, 0.25) is 0 Å². The summed E-state index contributed by atoms with van der Waals surface area (Å²) in [5.74, 6) is -0.171. The minimum absolute atomic E-state index is 0.171. The number of likely N-dealkylation sites (tertiary alicyclic amines) is 1. The molecule has 0 saturated carbocycles. The summed E-state index contributed by atoms with van der Waals surface area (Å²) in [6, 6.07) is 2.05. The van der Waals surface area contributed by atoms with Gasteiger partial charge >= 0.3 is 0 Å². The SMILES string of the molecule is CN1C[C@@H](C#N)[C@@H](O)C1. The van der Waals surface area contributed by atoms with Gasteiger partial charge in [-0.05, 0) is 7.05 Å². The van der Waals surface area contributed by atoms with Crippen molar-refractivity contribution in [3.63, 3.8) is 0 Å². The van der Waals surface area contributed by atoms with Crippen LogP contribution < -0.4 is 0 Å². The van der Waals surface area contributed by atoms with Crippen molar-refractivity contribution < 1.29 is 5.11 Å². The molecule has 0 bridgehead atoms. The summed E-state index contributed by atoms with van der Waals surface area (Å²) >= 11 is 0. The standard InChI is InChI=1S/C6H10N2O/c1-8-3-5(2-7)6(9)4-8/h5-6,9H,3-4H2,1H3/t5-,6+/m1/s1. The normalized spacial score (nSPS) is 36.6. The molecule has 1 aliphatic rings. The molecule has 50 valence electrons. The lowest BCUT2D eigenvalue weighted by atomic mass is 10.1. The van der Waals surface area contributed by atoms with Crippen molar-refractivity contribution in [2.75, 3.05) is 20.1 Å². The Hall–Kier alpha value is -0.590. The molecule has 0 aromatic carbocycles. The highest BCUT2D eigenvalue weighted by atomic mass is 16.3. The Bertz CT molecular complexity index is 140. The largest absolute Gasteiger partial charge is 0.390 e. The fourth-order valence-corrected chi connectivity index (χ4v) is 1.11. The van der Waals surface area contributed by atoms with Gasteiger partial charge in [-0.2, -0.15) is 5.26 Å². The van der Waals surface area contributed by atoms with Crippen molar-refractivity contribution in [2.24, 2.45) is 5.92 Å². The van der Waals surface area contributed by atoms with Crippen LogP contribution in [-0.2, 0) is 0 Å². The van der Waals surface area contributed by atoms with Gasteiger partial charge in [0, 0.05) is 13.1 Å². The molecule has 0 aromatic heterocycles. The lowest BCUT2D eigenvalue weighted by Crippen LogP contribution is -2.16. The lowest BCUT2D eigenvalue weighted by molar-refractivity contribution is 0.162. The summed E-state index contributed by atoms with van der Waals surface area (Å²) in [6.07, 6.45) is -0.431. The van der Waals surface area contributed by atoms with Crippen molar-refractivity contribution in [1.29, 1.82) is 5.26 Å². The lowest BCUT2D eigenvalue weighted by Gasteiger charge is -2.02. The van der Waals surface area contributed by atoms with E-state index in [4.69, 9.17) is 10.4 Å². The molecule has 0 aliphatic carbocycles. The molecule has 3 nitrogen and oxygen atoms in total. The van der Waals surface area contributed by atoms with Crippen molar-refractivity contribution in [3.05, 3.63) is 0 Å². The first-order valence-electron chi connectivity index (χ1n) is 3.00. The number of aliphatic hydroxyl groups is 1. The van der Waals surface area contributed by atoms with E-state index in [1.807, 2.05) is 11.9 Å². The Morgan fingerprint density at radius 1 is 1.67 bits per heavy atom. The molecule has 0 unspecified atom stereocenters. The van der Waals surface area contributed by atoms with Crippen LogP contribution in [0, 0.1) is 17.2 Å². The van der Waals surface area contributed by atoms with E-state index in [0.29, 0.717) is 13.1 Å². The molecule has 1 fully saturated rings. The maximum atomic E-state index is 9.10. The Kier molecular flexibility index (Phi) is 1.70. The van der Waals surface area contributed by atoms with Crippen molar-refractivity contribution >= 4 is 0 Å². The maximum Gasteiger partial charge on any atom is 0.0861 e. The monoisotopic (exact) mass is 126 g/mol. The summed E-state index contributed by atoms with van der Waals surface area (Å²) in [5, 5.41) is 17.5. The number of nitrogens with zero attached hydrogens (tertiary/aromatic N) is 2. The second-order valence-electron chi connectivity index (χ2n) is 2.52. The van der Waals surface area contributed by atoms with Gasteiger partial charge in [0.15, 0.2) is 0 Å². The van der Waals surface area contributed by atoms with Gasteiger partial charge in [-0.25, -0.2) is 0 Å². The van der Waals surface area contributed by atoms with Crippen LogP contribution in [0.2, 0.25) is 0 Å². The zero-order valence-electron chi connectivity index (χ0n) is 5.41. The summed E-state index contributed by atoms with van der Waals surface area (Å²) in [4.78, 5) is 1.96. The van der Waals surface area contributed by atoms with Crippen LogP contribution in [-0.4, -0.2) is 36.2 Å². The number of β-amino-alcohol motifs (C(OH)–C–C–N with tert-alkyl or cyclic N) is 1. The van der Waals surface area contributed by atoms with Crippen molar-refractivity contribution in [2.45, 2.75) is 6.10 Å². The number of hydrogen-bond acceptors (Lipinski definition) is 3. The first-order chi connectivity index (χ1) is 4.24. The Balaban J connectivity index is 2.50. The number of likely N-dealkylation sites (N-methyl/N-ethyl adjacent to an activating group) is 1. The van der Waals surface area contributed by atoms with E-state index in [9.17, 15) is 0 Å². The molecule has 1 heterocycles. The van der Waals surface area contributed by atoms with Gasteiger partial charge < -0.3 is 10.0 Å². The third kappa shape index (κ3) is 1.21. The number of rotatable bonds is 0. The molecule has 1 N–H and O–H groups in total. The second kappa shape index (κ2) is 2.34. The predicted molar refractivity (Wildman–Crippen MR) is 32.6 cm³/mol. The smallest absolute Gasteiger partial charge is 0.0861 e. The van der Waals surface area contributed by atoms with E-state index < -0.39 is 6.10 Å². The Morgan fingerprint density at radius 2 is 2.33 bits per heavy atom. The highest BCUT2D eigenvalue weighted by Crippen LogP contribution is 2.13. The molecule has 1 saturated heterocycles. The molecular formula is C6H10N2O. The molecular weight excluding hydrogens is 116 g/mol. The second-order valence-corrected chi connectivity index (χ2v) is 2.52. The predicted octanol–water partition coefficient (Wildman–Crippen LogP) is -0.568. The highest BCUT2D eigenvalue weighted by Gasteiger charge is 2.28. The summed E-state index contributed by atoms with van der Waals surface area (Å²) < 4.78 is 0. The van der Waals surface area contributed by atoms with E-state index in [-0.39, 0.29) is 5.92 Å². The molecule has 1 aliphatic heterocycles. The third-order valence-electron chi connectivity index (χ3n) is 1.64. The van der Waals surface area contributed by atoms with E-state index in [1.54, 1.807) is 0 Å². The zero-order valence-corrected chi connectivity index (χ0v) is 5.41. The molecule has 0 aromatic rings. The molecule has 1 rings (SSSR count). The zero-order chi connectivity index (χ0) is 6.85. The Morgan fingerprint density at radius 3 is 2.56 bits per heavy atom. The third-order valence-corrected chi connectivity index (χ3v) is 1.64. The summed E-state index contributed by atoms with van der Waals surface area (Å²) in [7, 11) is 1.90. The van der Waals surface area contributed by atoms with Crippen LogP contribution in [0.3, 0.4) is 0 Å². The summed E-state index contributed by atoms with van der Waals surface area (Å²) in [6.45, 7) is 1.34. The van der Waals surface area contributed by atoms with Crippen LogP contribution in [0.1, 0.15) is 0 Å². The van der Waals surface area contributed by atoms with Gasteiger partial charge in [0.1, 0.15) is 0 Å². The average molecular weight is 126 g/mol. The van der Waals surface area contributed by atoms with Crippen LogP contribution in [0.5, 0.6) is 0 Å². The van der Waals surface area contributed by atoms with Crippen molar-refractivity contribution in [1.82, 2.24) is 4.90 Å². The fraction of sp³-hybridized carbons (Fsp3) is 0.833. The molecule has 0 radical (unpaired) electrons. The van der Waals surface area contributed by atoms with Gasteiger partial charge in [0.05, 0.1) is 18.1 Å². The first kappa shape index (κ1) is 6.53. The fourth-order valence-electron chi connectivity index (χ4n) is 1.11. The maximum absolute atomic E-state index is 9.10.